The first kappa shape index (κ1) is 17.4. The molecule has 25 heavy (non-hydrogen) atoms. The molecule has 1 aliphatic heterocycles. The maximum Gasteiger partial charge on any atom is 0.273 e. The van der Waals surface area contributed by atoms with Crippen molar-refractivity contribution in [3.8, 4) is 5.75 Å². The predicted octanol–water partition coefficient (Wildman–Crippen LogP) is 1.62. The molecule has 0 aliphatic carbocycles. The minimum atomic E-state index is -0.259. The van der Waals surface area contributed by atoms with Gasteiger partial charge in [0, 0.05) is 19.2 Å². The van der Waals surface area contributed by atoms with Gasteiger partial charge in [-0.2, -0.15) is 0 Å². The van der Waals surface area contributed by atoms with E-state index in [1.54, 1.807) is 6.07 Å². The number of ether oxygens (including phenoxy) is 2. The minimum Gasteiger partial charge on any atom is -0.491 e. The number of aryl methyl sites for hydroxylation is 1. The van der Waals surface area contributed by atoms with Crippen molar-refractivity contribution in [3.63, 3.8) is 0 Å². The normalized spacial score (nSPS) is 15.1. The Morgan fingerprint density at radius 3 is 2.92 bits per heavy atom. The fraction of sp³-hybridized carbons (Fsp3) is 0.444. The fourth-order valence-corrected chi connectivity index (χ4v) is 2.61. The number of hydrogen-bond acceptors (Lipinski definition) is 6. The minimum absolute atomic E-state index is 0.259. The Morgan fingerprint density at radius 1 is 1.32 bits per heavy atom. The molecule has 0 saturated carbocycles. The van der Waals surface area contributed by atoms with E-state index in [9.17, 15) is 4.79 Å². The molecule has 2 heterocycles. The molecule has 1 aromatic heterocycles. The largest absolute Gasteiger partial charge is 0.491 e. The van der Waals surface area contributed by atoms with Gasteiger partial charge in [-0.3, -0.25) is 9.69 Å². The van der Waals surface area contributed by atoms with Gasteiger partial charge in [0.05, 0.1) is 26.3 Å². The molecule has 7 heteroatoms. The SMILES string of the molecule is Cc1ccccc1OCCNC(=O)c1cc(CN2CCOCC2)on1. The third-order valence-electron chi connectivity index (χ3n) is 4.01. The van der Waals surface area contributed by atoms with Gasteiger partial charge in [0.25, 0.3) is 5.91 Å². The molecule has 0 spiro atoms. The van der Waals surface area contributed by atoms with Gasteiger partial charge in [-0.05, 0) is 18.6 Å². The van der Waals surface area contributed by atoms with Gasteiger partial charge < -0.3 is 19.3 Å². The molecule has 1 fully saturated rings. The monoisotopic (exact) mass is 345 g/mol. The molecule has 0 unspecified atom stereocenters. The summed E-state index contributed by atoms with van der Waals surface area (Å²) in [5, 5.41) is 6.63. The van der Waals surface area contributed by atoms with E-state index in [2.05, 4.69) is 15.4 Å². The van der Waals surface area contributed by atoms with Gasteiger partial charge in [0.15, 0.2) is 11.5 Å². The zero-order valence-corrected chi connectivity index (χ0v) is 14.4. The zero-order chi connectivity index (χ0) is 17.5. The van der Waals surface area contributed by atoms with Crippen LogP contribution in [0.4, 0.5) is 0 Å². The maximum atomic E-state index is 12.1. The van der Waals surface area contributed by atoms with Crippen LogP contribution in [-0.4, -0.2) is 55.4 Å². The van der Waals surface area contributed by atoms with Crippen LogP contribution in [0.15, 0.2) is 34.9 Å². The summed E-state index contributed by atoms with van der Waals surface area (Å²) in [4.78, 5) is 14.3. The molecule has 134 valence electrons. The first-order chi connectivity index (χ1) is 12.2. The van der Waals surface area contributed by atoms with Crippen molar-refractivity contribution in [2.45, 2.75) is 13.5 Å². The third kappa shape index (κ3) is 5.04. The first-order valence-corrected chi connectivity index (χ1v) is 8.45. The number of rotatable bonds is 7. The van der Waals surface area contributed by atoms with E-state index in [1.807, 2.05) is 31.2 Å². The van der Waals surface area contributed by atoms with E-state index < -0.39 is 0 Å². The number of aromatic nitrogens is 1. The van der Waals surface area contributed by atoms with Crippen LogP contribution in [0.3, 0.4) is 0 Å². The number of hydrogen-bond donors (Lipinski definition) is 1. The van der Waals surface area contributed by atoms with Crippen molar-refractivity contribution in [2.24, 2.45) is 0 Å². The number of morpholine rings is 1. The molecule has 1 saturated heterocycles. The van der Waals surface area contributed by atoms with Gasteiger partial charge in [-0.15, -0.1) is 0 Å². The third-order valence-corrected chi connectivity index (χ3v) is 4.01. The van der Waals surface area contributed by atoms with Crippen molar-refractivity contribution in [1.82, 2.24) is 15.4 Å². The highest BCUT2D eigenvalue weighted by molar-refractivity contribution is 5.92. The summed E-state index contributed by atoms with van der Waals surface area (Å²) in [6.45, 7) is 6.59. The second-order valence-corrected chi connectivity index (χ2v) is 5.94. The standard InChI is InChI=1S/C18H23N3O4/c1-14-4-2-3-5-17(14)24-9-6-19-18(22)16-12-15(25-20-16)13-21-7-10-23-11-8-21/h2-5,12H,6-11,13H2,1H3,(H,19,22). The van der Waals surface area contributed by atoms with Crippen molar-refractivity contribution >= 4 is 5.91 Å². The lowest BCUT2D eigenvalue weighted by Crippen LogP contribution is -2.35. The highest BCUT2D eigenvalue weighted by Gasteiger charge is 2.16. The summed E-state index contributed by atoms with van der Waals surface area (Å²) in [6, 6.07) is 9.47. The van der Waals surface area contributed by atoms with E-state index in [4.69, 9.17) is 14.0 Å². The van der Waals surface area contributed by atoms with Crippen LogP contribution in [-0.2, 0) is 11.3 Å². The molecule has 0 radical (unpaired) electrons. The number of carbonyl (C=O) groups excluding carboxylic acids is 1. The molecule has 3 rings (SSSR count). The van der Waals surface area contributed by atoms with E-state index in [0.717, 1.165) is 37.6 Å². The lowest BCUT2D eigenvalue weighted by atomic mass is 10.2. The molecule has 1 amide bonds. The number of benzene rings is 1. The van der Waals surface area contributed by atoms with Crippen LogP contribution < -0.4 is 10.1 Å². The summed E-state index contributed by atoms with van der Waals surface area (Å²) in [6.07, 6.45) is 0. The van der Waals surface area contributed by atoms with Crippen LogP contribution in [0.5, 0.6) is 5.75 Å². The Balaban J connectivity index is 1.41. The van der Waals surface area contributed by atoms with Crippen molar-refractivity contribution in [2.75, 3.05) is 39.5 Å². The second-order valence-electron chi connectivity index (χ2n) is 5.94. The highest BCUT2D eigenvalue weighted by Crippen LogP contribution is 2.15. The van der Waals surface area contributed by atoms with Crippen LogP contribution in [0.1, 0.15) is 21.8 Å². The van der Waals surface area contributed by atoms with Crippen molar-refractivity contribution in [3.05, 3.63) is 47.3 Å². The zero-order valence-electron chi connectivity index (χ0n) is 14.4. The Labute approximate surface area is 146 Å². The Kier molecular flexibility index (Phi) is 6.03. The molecular formula is C18H23N3O4. The maximum absolute atomic E-state index is 12.1. The number of nitrogens with zero attached hydrogens (tertiary/aromatic N) is 2. The number of amides is 1. The number of para-hydroxylation sites is 1. The van der Waals surface area contributed by atoms with E-state index >= 15 is 0 Å². The van der Waals surface area contributed by atoms with Crippen molar-refractivity contribution < 1.29 is 18.8 Å². The summed E-state index contributed by atoms with van der Waals surface area (Å²) < 4.78 is 16.2. The molecule has 2 aromatic rings. The number of nitrogens with one attached hydrogen (secondary N) is 1. The second kappa shape index (κ2) is 8.64. The molecule has 1 aliphatic rings. The van der Waals surface area contributed by atoms with E-state index in [0.29, 0.717) is 31.2 Å². The van der Waals surface area contributed by atoms with E-state index in [1.165, 1.54) is 0 Å². The number of carbonyl (C=O) groups is 1. The Morgan fingerprint density at radius 2 is 2.12 bits per heavy atom. The average molecular weight is 345 g/mol. The topological polar surface area (TPSA) is 76.8 Å². The smallest absolute Gasteiger partial charge is 0.273 e. The van der Waals surface area contributed by atoms with Crippen LogP contribution in [0, 0.1) is 6.92 Å². The van der Waals surface area contributed by atoms with Gasteiger partial charge in [-0.25, -0.2) is 0 Å². The molecule has 7 nitrogen and oxygen atoms in total. The molecule has 0 atom stereocenters. The summed E-state index contributed by atoms with van der Waals surface area (Å²) in [5.41, 5.74) is 1.36. The van der Waals surface area contributed by atoms with Gasteiger partial charge in [0.2, 0.25) is 0 Å². The molecule has 1 N–H and O–H groups in total. The molecule has 1 aromatic carbocycles. The Bertz CT molecular complexity index is 695. The first-order valence-electron chi connectivity index (χ1n) is 8.45. The summed E-state index contributed by atoms with van der Waals surface area (Å²) in [7, 11) is 0. The van der Waals surface area contributed by atoms with Gasteiger partial charge in [-0.1, -0.05) is 23.4 Å². The molecule has 0 bridgehead atoms. The average Bonchev–Trinajstić information content (AvgIpc) is 3.09. The van der Waals surface area contributed by atoms with Gasteiger partial charge in [0.1, 0.15) is 12.4 Å². The fourth-order valence-electron chi connectivity index (χ4n) is 2.61. The lowest BCUT2D eigenvalue weighted by molar-refractivity contribution is 0.0305. The quantitative estimate of drug-likeness (QED) is 0.769. The summed E-state index contributed by atoms with van der Waals surface area (Å²) >= 11 is 0. The highest BCUT2D eigenvalue weighted by atomic mass is 16.5. The molecular weight excluding hydrogens is 322 g/mol. The van der Waals surface area contributed by atoms with Crippen LogP contribution in [0.25, 0.3) is 0 Å². The lowest BCUT2D eigenvalue weighted by Gasteiger charge is -2.25. The Hall–Kier alpha value is -2.38. The summed E-state index contributed by atoms with van der Waals surface area (Å²) in [5.74, 6) is 1.25. The van der Waals surface area contributed by atoms with Gasteiger partial charge >= 0.3 is 0 Å². The predicted molar refractivity (Wildman–Crippen MR) is 91.6 cm³/mol. The van der Waals surface area contributed by atoms with Crippen molar-refractivity contribution in [1.29, 1.82) is 0 Å². The van der Waals surface area contributed by atoms with E-state index in [-0.39, 0.29) is 5.91 Å². The van der Waals surface area contributed by atoms with Crippen LogP contribution >= 0.6 is 0 Å². The van der Waals surface area contributed by atoms with Crippen LogP contribution in [0.2, 0.25) is 0 Å².